The molecule has 0 fully saturated rings. The second-order valence-corrected chi connectivity index (χ2v) is 5.58. The van der Waals surface area contributed by atoms with Gasteiger partial charge in [0.1, 0.15) is 5.75 Å². The monoisotopic (exact) mass is 368 g/mol. The van der Waals surface area contributed by atoms with Gasteiger partial charge < -0.3 is 20.0 Å². The van der Waals surface area contributed by atoms with Gasteiger partial charge in [-0.25, -0.2) is 5.43 Å². The average Bonchev–Trinajstić information content (AvgIpc) is 2.65. The van der Waals surface area contributed by atoms with Crippen molar-refractivity contribution in [1.82, 2.24) is 10.7 Å². The SMILES string of the molecule is Cc1cccc(OCC(=O)NCC(=O)N/N=C\c2ccc(C(=O)[O-])cc2)c1. The second-order valence-electron chi connectivity index (χ2n) is 5.58. The van der Waals surface area contributed by atoms with E-state index >= 15 is 0 Å². The summed E-state index contributed by atoms with van der Waals surface area (Å²) in [4.78, 5) is 34.0. The number of nitrogens with zero attached hydrogens (tertiary/aromatic N) is 1. The number of rotatable bonds is 8. The van der Waals surface area contributed by atoms with Gasteiger partial charge in [-0.15, -0.1) is 0 Å². The van der Waals surface area contributed by atoms with Gasteiger partial charge in [0.15, 0.2) is 6.61 Å². The molecular weight excluding hydrogens is 350 g/mol. The van der Waals surface area contributed by atoms with Gasteiger partial charge in [0.05, 0.1) is 18.7 Å². The fourth-order valence-corrected chi connectivity index (χ4v) is 2.01. The number of hydrogen-bond donors (Lipinski definition) is 2. The molecule has 8 heteroatoms. The van der Waals surface area contributed by atoms with Gasteiger partial charge in [0.2, 0.25) is 0 Å². The van der Waals surface area contributed by atoms with Crippen LogP contribution in [0.25, 0.3) is 0 Å². The quantitative estimate of drug-likeness (QED) is 0.502. The van der Waals surface area contributed by atoms with Gasteiger partial charge in [-0.2, -0.15) is 5.10 Å². The molecule has 0 bridgehead atoms. The molecule has 0 aromatic heterocycles. The molecule has 0 saturated carbocycles. The van der Waals surface area contributed by atoms with Crippen molar-refractivity contribution in [3.8, 4) is 5.75 Å². The van der Waals surface area contributed by atoms with E-state index in [2.05, 4.69) is 15.8 Å². The number of amides is 2. The minimum atomic E-state index is -1.27. The van der Waals surface area contributed by atoms with E-state index in [1.54, 1.807) is 12.1 Å². The Balaban J connectivity index is 1.69. The molecule has 0 spiro atoms. The predicted molar refractivity (Wildman–Crippen MR) is 96.2 cm³/mol. The number of hydrogen-bond acceptors (Lipinski definition) is 6. The molecular formula is C19H18N3O5-. The van der Waals surface area contributed by atoms with Gasteiger partial charge in [0, 0.05) is 0 Å². The summed E-state index contributed by atoms with van der Waals surface area (Å²) in [6, 6.07) is 13.0. The van der Waals surface area contributed by atoms with E-state index in [0.717, 1.165) is 5.56 Å². The van der Waals surface area contributed by atoms with Crippen molar-refractivity contribution in [3.05, 3.63) is 65.2 Å². The highest BCUT2D eigenvalue weighted by Gasteiger charge is 2.06. The third-order valence-electron chi connectivity index (χ3n) is 3.35. The lowest BCUT2D eigenvalue weighted by Gasteiger charge is -2.07. The van der Waals surface area contributed by atoms with Gasteiger partial charge in [0.25, 0.3) is 11.8 Å². The molecule has 8 nitrogen and oxygen atoms in total. The summed E-state index contributed by atoms with van der Waals surface area (Å²) in [5, 5.41) is 16.8. The van der Waals surface area contributed by atoms with Crippen molar-refractivity contribution >= 4 is 24.0 Å². The number of aryl methyl sites for hydroxylation is 1. The van der Waals surface area contributed by atoms with Crippen LogP contribution < -0.4 is 20.6 Å². The Morgan fingerprint density at radius 3 is 2.52 bits per heavy atom. The normalized spacial score (nSPS) is 10.4. The zero-order valence-corrected chi connectivity index (χ0v) is 14.6. The predicted octanol–water partition coefficient (Wildman–Crippen LogP) is 0.00382. The molecule has 0 unspecified atom stereocenters. The van der Waals surface area contributed by atoms with Crippen molar-refractivity contribution in [3.63, 3.8) is 0 Å². The van der Waals surface area contributed by atoms with Crippen LogP contribution in [0.2, 0.25) is 0 Å². The van der Waals surface area contributed by atoms with E-state index in [9.17, 15) is 19.5 Å². The van der Waals surface area contributed by atoms with Gasteiger partial charge in [-0.3, -0.25) is 9.59 Å². The summed E-state index contributed by atoms with van der Waals surface area (Å²) in [6.07, 6.45) is 1.35. The molecule has 2 rings (SSSR count). The van der Waals surface area contributed by atoms with Crippen molar-refractivity contribution < 1.29 is 24.2 Å². The van der Waals surface area contributed by atoms with Crippen LogP contribution in [-0.4, -0.2) is 37.1 Å². The van der Waals surface area contributed by atoms with Crippen molar-refractivity contribution in [1.29, 1.82) is 0 Å². The molecule has 0 aliphatic heterocycles. The summed E-state index contributed by atoms with van der Waals surface area (Å²) in [6.45, 7) is 1.46. The van der Waals surface area contributed by atoms with E-state index in [0.29, 0.717) is 11.3 Å². The lowest BCUT2D eigenvalue weighted by Crippen LogP contribution is -2.37. The van der Waals surface area contributed by atoms with Crippen LogP contribution in [-0.2, 0) is 9.59 Å². The maximum Gasteiger partial charge on any atom is 0.259 e. The van der Waals surface area contributed by atoms with Gasteiger partial charge >= 0.3 is 0 Å². The number of hydrazone groups is 1. The highest BCUT2D eigenvalue weighted by molar-refractivity contribution is 5.89. The highest BCUT2D eigenvalue weighted by Crippen LogP contribution is 2.11. The van der Waals surface area contributed by atoms with Crippen molar-refractivity contribution in [2.45, 2.75) is 6.92 Å². The van der Waals surface area contributed by atoms with Crippen LogP contribution in [0.5, 0.6) is 5.75 Å². The van der Waals surface area contributed by atoms with E-state index < -0.39 is 17.8 Å². The molecule has 0 heterocycles. The first-order chi connectivity index (χ1) is 12.9. The van der Waals surface area contributed by atoms with Gasteiger partial charge in [-0.1, -0.05) is 36.4 Å². The maximum atomic E-state index is 11.7. The number of carboxylic acids is 1. The molecule has 0 radical (unpaired) electrons. The molecule has 0 aliphatic carbocycles. The molecule has 2 N–H and O–H groups in total. The topological polar surface area (TPSA) is 120 Å². The fourth-order valence-electron chi connectivity index (χ4n) is 2.01. The Hall–Kier alpha value is -3.68. The molecule has 2 aromatic rings. The largest absolute Gasteiger partial charge is 0.545 e. The molecule has 2 amide bonds. The molecule has 0 atom stereocenters. The average molecular weight is 368 g/mol. The minimum absolute atomic E-state index is 0.0479. The minimum Gasteiger partial charge on any atom is -0.545 e. The van der Waals surface area contributed by atoms with Gasteiger partial charge in [-0.05, 0) is 35.7 Å². The standard InChI is InChI=1S/C19H19N3O5/c1-13-3-2-4-16(9-13)27-12-18(24)20-11-17(23)22-21-10-14-5-7-15(8-6-14)19(25)26/h2-10H,11-12H2,1H3,(H,20,24)(H,22,23)(H,25,26)/p-1/b21-10-. The second kappa shape index (κ2) is 9.71. The zero-order chi connectivity index (χ0) is 19.6. The third-order valence-corrected chi connectivity index (χ3v) is 3.35. The van der Waals surface area contributed by atoms with E-state index in [4.69, 9.17) is 4.74 Å². The van der Waals surface area contributed by atoms with Crippen molar-refractivity contribution in [2.75, 3.05) is 13.2 Å². The Kier molecular flexibility index (Phi) is 7.07. The lowest BCUT2D eigenvalue weighted by molar-refractivity contribution is -0.255. The Labute approximate surface area is 155 Å². The first kappa shape index (κ1) is 19.6. The molecule has 2 aromatic carbocycles. The van der Waals surface area contributed by atoms with E-state index in [-0.39, 0.29) is 18.7 Å². The van der Waals surface area contributed by atoms with E-state index in [1.165, 1.54) is 30.5 Å². The molecule has 0 saturated heterocycles. The molecule has 140 valence electrons. The van der Waals surface area contributed by atoms with Crippen LogP contribution in [0, 0.1) is 6.92 Å². The number of aromatic carboxylic acids is 1. The Morgan fingerprint density at radius 1 is 1.11 bits per heavy atom. The summed E-state index contributed by atoms with van der Waals surface area (Å²) < 4.78 is 5.33. The summed E-state index contributed by atoms with van der Waals surface area (Å²) in [5.41, 5.74) is 3.91. The summed E-state index contributed by atoms with van der Waals surface area (Å²) in [5.74, 6) is -1.65. The highest BCUT2D eigenvalue weighted by atomic mass is 16.5. The van der Waals surface area contributed by atoms with Crippen LogP contribution >= 0.6 is 0 Å². The first-order valence-electron chi connectivity index (χ1n) is 8.03. The number of benzene rings is 2. The summed E-state index contributed by atoms with van der Waals surface area (Å²) >= 11 is 0. The van der Waals surface area contributed by atoms with Crippen LogP contribution in [0.4, 0.5) is 0 Å². The first-order valence-corrected chi connectivity index (χ1v) is 8.03. The lowest BCUT2D eigenvalue weighted by atomic mass is 10.1. The Morgan fingerprint density at radius 2 is 1.85 bits per heavy atom. The van der Waals surface area contributed by atoms with Crippen LogP contribution in [0.3, 0.4) is 0 Å². The number of carbonyl (C=O) groups excluding carboxylic acids is 3. The van der Waals surface area contributed by atoms with Crippen LogP contribution in [0.1, 0.15) is 21.5 Å². The number of nitrogens with one attached hydrogen (secondary N) is 2. The van der Waals surface area contributed by atoms with Crippen LogP contribution in [0.15, 0.2) is 53.6 Å². The summed E-state index contributed by atoms with van der Waals surface area (Å²) in [7, 11) is 0. The number of carboxylic acid groups (broad SMARTS) is 1. The Bertz CT molecular complexity index is 847. The van der Waals surface area contributed by atoms with E-state index in [1.807, 2.05) is 19.1 Å². The zero-order valence-electron chi connectivity index (χ0n) is 14.6. The maximum absolute atomic E-state index is 11.7. The number of ether oxygens (including phenoxy) is 1. The number of carbonyl (C=O) groups is 3. The molecule has 27 heavy (non-hydrogen) atoms. The smallest absolute Gasteiger partial charge is 0.259 e. The van der Waals surface area contributed by atoms with Crippen molar-refractivity contribution in [2.24, 2.45) is 5.10 Å². The third kappa shape index (κ3) is 6.99. The molecule has 0 aliphatic rings. The fraction of sp³-hybridized carbons (Fsp3) is 0.158.